The first-order valence-electron chi connectivity index (χ1n) is 8.55. The molecule has 112 valence electrons. The van der Waals surface area contributed by atoms with Crippen molar-refractivity contribution >= 4 is 0 Å². The minimum absolute atomic E-state index is 0.399. The average Bonchev–Trinajstić information content (AvgIpc) is 2.39. The fourth-order valence-electron chi connectivity index (χ4n) is 4.40. The van der Waals surface area contributed by atoms with E-state index in [4.69, 9.17) is 4.74 Å². The van der Waals surface area contributed by atoms with Crippen molar-refractivity contribution in [1.29, 1.82) is 0 Å². The van der Waals surface area contributed by atoms with Gasteiger partial charge < -0.3 is 10.1 Å². The molecule has 2 saturated carbocycles. The molecule has 0 saturated heterocycles. The van der Waals surface area contributed by atoms with E-state index < -0.39 is 0 Å². The smallest absolute Gasteiger partial charge is 0.0664 e. The van der Waals surface area contributed by atoms with Gasteiger partial charge in [-0.25, -0.2) is 0 Å². The summed E-state index contributed by atoms with van der Waals surface area (Å²) in [5.41, 5.74) is 0.399. The van der Waals surface area contributed by atoms with Crippen molar-refractivity contribution in [2.75, 3.05) is 6.54 Å². The van der Waals surface area contributed by atoms with Gasteiger partial charge in [-0.1, -0.05) is 40.5 Å². The highest BCUT2D eigenvalue weighted by Gasteiger charge is 2.53. The molecule has 4 atom stereocenters. The maximum Gasteiger partial charge on any atom is 0.0664 e. The predicted molar refractivity (Wildman–Crippen MR) is 81.4 cm³/mol. The van der Waals surface area contributed by atoms with Crippen molar-refractivity contribution in [2.24, 2.45) is 11.3 Å². The molecule has 1 N–H and O–H groups in total. The van der Waals surface area contributed by atoms with Crippen molar-refractivity contribution in [2.45, 2.75) is 90.9 Å². The lowest BCUT2D eigenvalue weighted by atomic mass is 9.58. The van der Waals surface area contributed by atoms with E-state index in [1.165, 1.54) is 44.9 Å². The molecule has 0 aromatic heterocycles. The van der Waals surface area contributed by atoms with Crippen molar-refractivity contribution in [3.8, 4) is 0 Å². The van der Waals surface area contributed by atoms with Gasteiger partial charge in [-0.05, 0) is 44.6 Å². The van der Waals surface area contributed by atoms with Crippen LogP contribution in [0.5, 0.6) is 0 Å². The summed E-state index contributed by atoms with van der Waals surface area (Å²) in [7, 11) is 0. The SMILES string of the molecule is CCNC1CC(OC2CCCC(C)C2)C1(CC)CC. The maximum atomic E-state index is 6.53. The van der Waals surface area contributed by atoms with Crippen LogP contribution in [0.15, 0.2) is 0 Å². The molecular formula is C17H33NO. The van der Waals surface area contributed by atoms with Gasteiger partial charge in [0, 0.05) is 11.5 Å². The van der Waals surface area contributed by atoms with Crippen LogP contribution in [0, 0.1) is 11.3 Å². The Morgan fingerprint density at radius 1 is 1.11 bits per heavy atom. The lowest BCUT2D eigenvalue weighted by molar-refractivity contribution is -0.174. The van der Waals surface area contributed by atoms with Gasteiger partial charge in [-0.2, -0.15) is 0 Å². The second-order valence-corrected chi connectivity index (χ2v) is 6.80. The Kier molecular flexibility index (Phi) is 5.30. The van der Waals surface area contributed by atoms with Crippen molar-refractivity contribution in [3.63, 3.8) is 0 Å². The van der Waals surface area contributed by atoms with Gasteiger partial charge >= 0.3 is 0 Å². The van der Waals surface area contributed by atoms with Gasteiger partial charge in [0.15, 0.2) is 0 Å². The molecule has 0 spiro atoms. The van der Waals surface area contributed by atoms with Crippen LogP contribution < -0.4 is 5.32 Å². The monoisotopic (exact) mass is 267 g/mol. The van der Waals surface area contributed by atoms with Gasteiger partial charge in [-0.15, -0.1) is 0 Å². The molecule has 0 heterocycles. The number of ether oxygens (including phenoxy) is 1. The van der Waals surface area contributed by atoms with Crippen molar-refractivity contribution < 1.29 is 4.74 Å². The van der Waals surface area contributed by atoms with E-state index in [2.05, 4.69) is 33.0 Å². The Morgan fingerprint density at radius 2 is 1.84 bits per heavy atom. The number of rotatable bonds is 6. The van der Waals surface area contributed by atoms with Crippen molar-refractivity contribution in [1.82, 2.24) is 5.32 Å². The minimum Gasteiger partial charge on any atom is -0.374 e. The second kappa shape index (κ2) is 6.58. The predicted octanol–water partition coefficient (Wildman–Crippen LogP) is 4.14. The first-order chi connectivity index (χ1) is 9.16. The van der Waals surface area contributed by atoms with Crippen LogP contribution in [0.3, 0.4) is 0 Å². The Hall–Kier alpha value is -0.0800. The fourth-order valence-corrected chi connectivity index (χ4v) is 4.40. The van der Waals surface area contributed by atoms with Crippen LogP contribution in [-0.4, -0.2) is 24.8 Å². The van der Waals surface area contributed by atoms with Crippen LogP contribution in [0.25, 0.3) is 0 Å². The molecule has 0 radical (unpaired) electrons. The molecule has 2 aliphatic rings. The third-order valence-corrected chi connectivity index (χ3v) is 5.80. The van der Waals surface area contributed by atoms with Crippen molar-refractivity contribution in [3.05, 3.63) is 0 Å². The minimum atomic E-state index is 0.399. The highest BCUT2D eigenvalue weighted by molar-refractivity contribution is 5.07. The van der Waals surface area contributed by atoms with E-state index in [1.54, 1.807) is 0 Å². The lowest BCUT2D eigenvalue weighted by Crippen LogP contribution is -2.64. The van der Waals surface area contributed by atoms with E-state index >= 15 is 0 Å². The molecule has 2 nitrogen and oxygen atoms in total. The first kappa shape index (κ1) is 15.3. The second-order valence-electron chi connectivity index (χ2n) is 6.80. The number of nitrogens with one attached hydrogen (secondary N) is 1. The summed E-state index contributed by atoms with van der Waals surface area (Å²) in [5.74, 6) is 0.862. The zero-order valence-corrected chi connectivity index (χ0v) is 13.4. The van der Waals surface area contributed by atoms with E-state index in [0.717, 1.165) is 12.5 Å². The highest BCUT2D eigenvalue weighted by Crippen LogP contribution is 2.50. The van der Waals surface area contributed by atoms with E-state index in [1.807, 2.05) is 0 Å². The van der Waals surface area contributed by atoms with Gasteiger partial charge in [0.05, 0.1) is 12.2 Å². The molecule has 19 heavy (non-hydrogen) atoms. The maximum absolute atomic E-state index is 6.53. The van der Waals surface area contributed by atoms with Gasteiger partial charge in [-0.3, -0.25) is 0 Å². The molecule has 2 aliphatic carbocycles. The van der Waals surface area contributed by atoms with Crippen LogP contribution in [-0.2, 0) is 4.74 Å². The van der Waals surface area contributed by atoms with E-state index in [-0.39, 0.29) is 0 Å². The van der Waals surface area contributed by atoms with Gasteiger partial charge in [0.2, 0.25) is 0 Å². The third kappa shape index (κ3) is 3.00. The zero-order valence-electron chi connectivity index (χ0n) is 13.4. The van der Waals surface area contributed by atoms with E-state index in [0.29, 0.717) is 23.7 Å². The molecular weight excluding hydrogens is 234 g/mol. The molecule has 2 rings (SSSR count). The third-order valence-electron chi connectivity index (χ3n) is 5.80. The Bertz CT molecular complexity index is 274. The topological polar surface area (TPSA) is 21.3 Å². The van der Waals surface area contributed by atoms with Crippen LogP contribution >= 0.6 is 0 Å². The van der Waals surface area contributed by atoms with Crippen LogP contribution in [0.1, 0.15) is 72.6 Å². The summed E-state index contributed by atoms with van der Waals surface area (Å²) in [5, 5.41) is 3.67. The summed E-state index contributed by atoms with van der Waals surface area (Å²) in [4.78, 5) is 0. The molecule has 0 aliphatic heterocycles. The fraction of sp³-hybridized carbons (Fsp3) is 1.00. The van der Waals surface area contributed by atoms with Gasteiger partial charge in [0.1, 0.15) is 0 Å². The Morgan fingerprint density at radius 3 is 2.42 bits per heavy atom. The first-order valence-corrected chi connectivity index (χ1v) is 8.55. The zero-order chi connectivity index (χ0) is 13.9. The molecule has 4 unspecified atom stereocenters. The molecule has 2 fully saturated rings. The lowest BCUT2D eigenvalue weighted by Gasteiger charge is -2.56. The summed E-state index contributed by atoms with van der Waals surface area (Å²) >= 11 is 0. The summed E-state index contributed by atoms with van der Waals surface area (Å²) in [6.45, 7) is 10.4. The molecule has 2 heteroatoms. The molecule has 0 bridgehead atoms. The Labute approximate surface area is 119 Å². The molecule has 0 aromatic rings. The normalized spacial score (nSPS) is 37.9. The van der Waals surface area contributed by atoms with Gasteiger partial charge in [0.25, 0.3) is 0 Å². The largest absolute Gasteiger partial charge is 0.374 e. The van der Waals surface area contributed by atoms with E-state index in [9.17, 15) is 0 Å². The summed E-state index contributed by atoms with van der Waals surface area (Å²) in [6.07, 6.45) is 10.1. The average molecular weight is 267 g/mol. The quantitative estimate of drug-likeness (QED) is 0.781. The highest BCUT2D eigenvalue weighted by atomic mass is 16.5. The Balaban J connectivity index is 1.93. The van der Waals surface area contributed by atoms with Crippen LogP contribution in [0.2, 0.25) is 0 Å². The number of hydrogen-bond donors (Lipinski definition) is 1. The standard InChI is InChI=1S/C17H33NO/c1-5-17(6-2)15(18-7-3)12-16(17)19-14-10-8-9-13(4)11-14/h13-16,18H,5-12H2,1-4H3. The molecule has 0 aromatic carbocycles. The summed E-state index contributed by atoms with van der Waals surface area (Å²) < 4.78 is 6.53. The molecule has 0 amide bonds. The summed E-state index contributed by atoms with van der Waals surface area (Å²) in [6, 6.07) is 0.679. The number of hydrogen-bond acceptors (Lipinski definition) is 2. The van der Waals surface area contributed by atoms with Crippen LogP contribution in [0.4, 0.5) is 0 Å².